The molecule has 4 nitrogen and oxygen atoms in total. The number of nitrogens with one attached hydrogen (secondary N) is 1. The van der Waals surface area contributed by atoms with E-state index in [0.29, 0.717) is 4.99 Å². The maximum atomic E-state index is 11.5. The number of hydrogen-bond donors (Lipinski definition) is 2. The summed E-state index contributed by atoms with van der Waals surface area (Å²) in [6.07, 6.45) is 2.57. The SMILES string of the molecule is CCC1C(=O)NCCN1CCCC(N)=S. The van der Waals surface area contributed by atoms with Crippen LogP contribution in [-0.4, -0.2) is 41.5 Å². The first kappa shape index (κ1) is 12.4. The minimum atomic E-state index is 0.0325. The van der Waals surface area contributed by atoms with Crippen LogP contribution in [0.4, 0.5) is 0 Å². The lowest BCUT2D eigenvalue weighted by Crippen LogP contribution is -2.55. The molecule has 0 spiro atoms. The maximum absolute atomic E-state index is 11.5. The molecule has 0 aromatic rings. The van der Waals surface area contributed by atoms with Gasteiger partial charge in [-0.25, -0.2) is 0 Å². The van der Waals surface area contributed by atoms with Crippen LogP contribution in [0.3, 0.4) is 0 Å². The van der Waals surface area contributed by atoms with Crippen LogP contribution in [0.2, 0.25) is 0 Å². The normalized spacial score (nSPS) is 22.5. The molecule has 5 heteroatoms. The second-order valence-electron chi connectivity index (χ2n) is 3.82. The summed E-state index contributed by atoms with van der Waals surface area (Å²) >= 11 is 4.82. The van der Waals surface area contributed by atoms with Gasteiger partial charge in [0, 0.05) is 13.1 Å². The Morgan fingerprint density at radius 2 is 2.47 bits per heavy atom. The fourth-order valence-corrected chi connectivity index (χ4v) is 2.07. The molecule has 0 aromatic carbocycles. The quantitative estimate of drug-likeness (QED) is 0.664. The van der Waals surface area contributed by atoms with Crippen LogP contribution >= 0.6 is 12.2 Å². The fraction of sp³-hybridized carbons (Fsp3) is 0.800. The lowest BCUT2D eigenvalue weighted by molar-refractivity contribution is -0.129. The fourth-order valence-electron chi connectivity index (χ4n) is 1.93. The van der Waals surface area contributed by atoms with Crippen molar-refractivity contribution in [3.63, 3.8) is 0 Å². The summed E-state index contributed by atoms with van der Waals surface area (Å²) < 4.78 is 0. The van der Waals surface area contributed by atoms with Gasteiger partial charge in [0.1, 0.15) is 0 Å². The highest BCUT2D eigenvalue weighted by atomic mass is 32.1. The lowest BCUT2D eigenvalue weighted by Gasteiger charge is -2.34. The van der Waals surface area contributed by atoms with Crippen LogP contribution in [0.25, 0.3) is 0 Å². The second-order valence-corrected chi connectivity index (χ2v) is 4.35. The first-order valence-electron chi connectivity index (χ1n) is 5.45. The van der Waals surface area contributed by atoms with Gasteiger partial charge >= 0.3 is 0 Å². The molecule has 86 valence electrons. The zero-order valence-electron chi connectivity index (χ0n) is 9.16. The van der Waals surface area contributed by atoms with Crippen molar-refractivity contribution in [3.8, 4) is 0 Å². The van der Waals surface area contributed by atoms with Crippen LogP contribution in [-0.2, 0) is 4.79 Å². The molecule has 0 radical (unpaired) electrons. The molecule has 1 aliphatic heterocycles. The third kappa shape index (κ3) is 3.76. The highest BCUT2D eigenvalue weighted by Gasteiger charge is 2.27. The molecule has 1 atom stereocenters. The average molecular weight is 229 g/mol. The number of amides is 1. The summed E-state index contributed by atoms with van der Waals surface area (Å²) in [5, 5.41) is 2.88. The number of nitrogens with two attached hydrogens (primary N) is 1. The third-order valence-corrected chi connectivity index (χ3v) is 2.90. The molecule has 1 aliphatic rings. The highest BCUT2D eigenvalue weighted by molar-refractivity contribution is 7.80. The Hall–Kier alpha value is -0.680. The monoisotopic (exact) mass is 229 g/mol. The summed E-state index contributed by atoms with van der Waals surface area (Å²) in [6, 6.07) is 0.0325. The number of thiocarbonyl (C=S) groups is 1. The van der Waals surface area contributed by atoms with E-state index in [1.807, 2.05) is 6.92 Å². The molecule has 0 bridgehead atoms. The molecule has 1 heterocycles. The molecular formula is C10H19N3OS. The topological polar surface area (TPSA) is 58.4 Å². The van der Waals surface area contributed by atoms with Crippen molar-refractivity contribution in [2.24, 2.45) is 5.73 Å². The van der Waals surface area contributed by atoms with E-state index in [9.17, 15) is 4.79 Å². The smallest absolute Gasteiger partial charge is 0.237 e. The molecule has 3 N–H and O–H groups in total. The molecule has 1 unspecified atom stereocenters. The zero-order chi connectivity index (χ0) is 11.3. The van der Waals surface area contributed by atoms with E-state index < -0.39 is 0 Å². The van der Waals surface area contributed by atoms with E-state index in [4.69, 9.17) is 18.0 Å². The van der Waals surface area contributed by atoms with Crippen molar-refractivity contribution in [1.29, 1.82) is 0 Å². The Kier molecular flexibility index (Phi) is 4.98. The molecule has 0 aliphatic carbocycles. The predicted octanol–water partition coefficient (Wildman–Crippen LogP) is 0.263. The van der Waals surface area contributed by atoms with Crippen molar-refractivity contribution < 1.29 is 4.79 Å². The number of nitrogens with zero attached hydrogens (tertiary/aromatic N) is 1. The van der Waals surface area contributed by atoms with Crippen LogP contribution in [0, 0.1) is 0 Å². The number of piperazine rings is 1. The number of carbonyl (C=O) groups excluding carboxylic acids is 1. The highest BCUT2D eigenvalue weighted by Crippen LogP contribution is 2.09. The third-order valence-electron chi connectivity index (χ3n) is 2.70. The van der Waals surface area contributed by atoms with Crippen molar-refractivity contribution in [3.05, 3.63) is 0 Å². The Bertz CT molecular complexity index is 245. The van der Waals surface area contributed by atoms with Gasteiger partial charge in [-0.05, 0) is 25.8 Å². The van der Waals surface area contributed by atoms with Gasteiger partial charge in [0.25, 0.3) is 0 Å². The van der Waals surface area contributed by atoms with E-state index >= 15 is 0 Å². The maximum Gasteiger partial charge on any atom is 0.237 e. The molecular weight excluding hydrogens is 210 g/mol. The van der Waals surface area contributed by atoms with E-state index in [2.05, 4.69) is 10.2 Å². The van der Waals surface area contributed by atoms with Crippen LogP contribution in [0.15, 0.2) is 0 Å². The van der Waals surface area contributed by atoms with Gasteiger partial charge in [0.15, 0.2) is 0 Å². The molecule has 1 amide bonds. The van der Waals surface area contributed by atoms with Crippen molar-refractivity contribution in [1.82, 2.24) is 10.2 Å². The van der Waals surface area contributed by atoms with Gasteiger partial charge in [-0.15, -0.1) is 0 Å². The van der Waals surface area contributed by atoms with E-state index in [-0.39, 0.29) is 11.9 Å². The van der Waals surface area contributed by atoms with E-state index in [1.165, 1.54) is 0 Å². The van der Waals surface area contributed by atoms with Gasteiger partial charge in [0.2, 0.25) is 5.91 Å². The average Bonchev–Trinajstić information content (AvgIpc) is 2.17. The molecule has 1 fully saturated rings. The number of carbonyl (C=O) groups is 1. The molecule has 15 heavy (non-hydrogen) atoms. The second kappa shape index (κ2) is 6.02. The summed E-state index contributed by atoms with van der Waals surface area (Å²) in [5.41, 5.74) is 5.44. The molecule has 0 saturated carbocycles. The van der Waals surface area contributed by atoms with Crippen LogP contribution < -0.4 is 11.1 Å². The van der Waals surface area contributed by atoms with E-state index in [0.717, 1.165) is 38.9 Å². The first-order valence-corrected chi connectivity index (χ1v) is 5.86. The number of rotatable bonds is 5. The summed E-state index contributed by atoms with van der Waals surface area (Å²) in [4.78, 5) is 14.3. The van der Waals surface area contributed by atoms with Crippen molar-refractivity contribution >= 4 is 23.1 Å². The van der Waals surface area contributed by atoms with E-state index in [1.54, 1.807) is 0 Å². The molecule has 0 aromatic heterocycles. The Labute approximate surface area is 96.2 Å². The van der Waals surface area contributed by atoms with Gasteiger partial charge in [-0.2, -0.15) is 0 Å². The molecule has 1 rings (SSSR count). The van der Waals surface area contributed by atoms with Gasteiger partial charge in [-0.3, -0.25) is 9.69 Å². The summed E-state index contributed by atoms with van der Waals surface area (Å²) in [6.45, 7) is 4.63. The molecule has 1 saturated heterocycles. The number of hydrogen-bond acceptors (Lipinski definition) is 3. The minimum Gasteiger partial charge on any atom is -0.393 e. The van der Waals surface area contributed by atoms with Gasteiger partial charge in [-0.1, -0.05) is 19.1 Å². The Balaban J connectivity index is 2.37. The largest absolute Gasteiger partial charge is 0.393 e. The lowest BCUT2D eigenvalue weighted by atomic mass is 10.1. The van der Waals surface area contributed by atoms with Crippen LogP contribution in [0.1, 0.15) is 26.2 Å². The summed E-state index contributed by atoms with van der Waals surface area (Å²) in [7, 11) is 0. The summed E-state index contributed by atoms with van der Waals surface area (Å²) in [5.74, 6) is 0.152. The standard InChI is InChI=1S/C10H19N3OS/c1-2-8-10(14)12-5-7-13(8)6-3-4-9(11)15/h8H,2-7H2,1H3,(H2,11,15)(H,12,14). The minimum absolute atomic E-state index is 0.0325. The Morgan fingerprint density at radius 3 is 3.07 bits per heavy atom. The van der Waals surface area contributed by atoms with Crippen LogP contribution in [0.5, 0.6) is 0 Å². The van der Waals surface area contributed by atoms with Gasteiger partial charge < -0.3 is 11.1 Å². The van der Waals surface area contributed by atoms with Crippen molar-refractivity contribution in [2.45, 2.75) is 32.2 Å². The Morgan fingerprint density at radius 1 is 1.73 bits per heavy atom. The van der Waals surface area contributed by atoms with Gasteiger partial charge in [0.05, 0.1) is 11.0 Å². The predicted molar refractivity (Wildman–Crippen MR) is 64.7 cm³/mol. The zero-order valence-corrected chi connectivity index (χ0v) is 9.98. The first-order chi connectivity index (χ1) is 7.15. The van der Waals surface area contributed by atoms with Crippen molar-refractivity contribution in [2.75, 3.05) is 19.6 Å².